The summed E-state index contributed by atoms with van der Waals surface area (Å²) < 4.78 is 0. The fourth-order valence-corrected chi connectivity index (χ4v) is 1.52. The lowest BCUT2D eigenvalue weighted by Gasteiger charge is -2.12. The second-order valence-corrected chi connectivity index (χ2v) is 3.76. The van der Waals surface area contributed by atoms with Crippen molar-refractivity contribution in [2.45, 2.75) is 26.2 Å². The maximum Gasteiger partial charge on any atom is 0.203 e. The van der Waals surface area contributed by atoms with Crippen LogP contribution < -0.4 is 5.32 Å². The topological polar surface area (TPSA) is 46.2 Å². The van der Waals surface area contributed by atoms with Crippen molar-refractivity contribution in [1.82, 2.24) is 5.32 Å². The Hall–Kier alpha value is -1.09. The molecule has 82 valence electrons. The van der Waals surface area contributed by atoms with Crippen molar-refractivity contribution in [2.24, 2.45) is 0 Å². The van der Waals surface area contributed by atoms with E-state index < -0.39 is 0 Å². The highest BCUT2D eigenvalue weighted by Gasteiger charge is 2.20. The van der Waals surface area contributed by atoms with Gasteiger partial charge in [-0.05, 0) is 18.6 Å². The van der Waals surface area contributed by atoms with Crippen LogP contribution in [0, 0.1) is 0 Å². The maximum atomic E-state index is 11.4. The molecule has 0 bridgehead atoms. The summed E-state index contributed by atoms with van der Waals surface area (Å²) in [5.41, 5.74) is 0.236. The highest BCUT2D eigenvalue weighted by molar-refractivity contribution is 6.47. The summed E-state index contributed by atoms with van der Waals surface area (Å²) in [6.45, 7) is 2.77. The SMILES string of the molecule is CCCCCNC1=C(Cl)C(=O)C=CC1=O. The minimum Gasteiger partial charge on any atom is -0.381 e. The van der Waals surface area contributed by atoms with Gasteiger partial charge in [-0.1, -0.05) is 31.4 Å². The van der Waals surface area contributed by atoms with Crippen LogP contribution in [0.3, 0.4) is 0 Å². The van der Waals surface area contributed by atoms with Gasteiger partial charge in [0.1, 0.15) is 10.7 Å². The van der Waals surface area contributed by atoms with Crippen LogP contribution >= 0.6 is 11.6 Å². The zero-order valence-electron chi connectivity index (χ0n) is 8.68. The van der Waals surface area contributed by atoms with Gasteiger partial charge >= 0.3 is 0 Å². The lowest BCUT2D eigenvalue weighted by atomic mass is 10.1. The van der Waals surface area contributed by atoms with Crippen molar-refractivity contribution in [3.8, 4) is 0 Å². The van der Waals surface area contributed by atoms with E-state index in [1.807, 2.05) is 0 Å². The number of carbonyl (C=O) groups excluding carboxylic acids is 2. The van der Waals surface area contributed by atoms with Crippen LogP contribution in [0.25, 0.3) is 0 Å². The number of unbranched alkanes of at least 4 members (excludes halogenated alkanes) is 2. The molecule has 0 radical (unpaired) electrons. The van der Waals surface area contributed by atoms with E-state index in [0.29, 0.717) is 6.54 Å². The van der Waals surface area contributed by atoms with Crippen LogP contribution in [0.4, 0.5) is 0 Å². The molecule has 1 rings (SSSR count). The number of rotatable bonds is 5. The molecule has 0 heterocycles. The molecule has 0 unspecified atom stereocenters. The molecule has 1 N–H and O–H groups in total. The molecule has 1 aliphatic rings. The predicted octanol–water partition coefficient (Wildman–Crippen LogP) is 1.92. The summed E-state index contributed by atoms with van der Waals surface area (Å²) in [5, 5.41) is 2.91. The monoisotopic (exact) mass is 227 g/mol. The third kappa shape index (κ3) is 3.20. The molecule has 3 nitrogen and oxygen atoms in total. The second-order valence-electron chi connectivity index (χ2n) is 3.38. The Morgan fingerprint density at radius 2 is 1.87 bits per heavy atom. The van der Waals surface area contributed by atoms with Gasteiger partial charge in [0, 0.05) is 6.54 Å². The van der Waals surface area contributed by atoms with Crippen molar-refractivity contribution >= 4 is 23.2 Å². The quantitative estimate of drug-likeness (QED) is 0.577. The van der Waals surface area contributed by atoms with Gasteiger partial charge in [-0.2, -0.15) is 0 Å². The van der Waals surface area contributed by atoms with Crippen LogP contribution in [-0.2, 0) is 9.59 Å². The first kappa shape index (κ1) is 12.0. The second kappa shape index (κ2) is 5.71. The number of carbonyl (C=O) groups is 2. The summed E-state index contributed by atoms with van der Waals surface area (Å²) in [5.74, 6) is -0.537. The average molecular weight is 228 g/mol. The molecule has 0 fully saturated rings. The Labute approximate surface area is 94.2 Å². The minimum absolute atomic E-state index is 0.000927. The molecule has 0 atom stereocenters. The first-order valence-corrected chi connectivity index (χ1v) is 5.45. The zero-order valence-corrected chi connectivity index (χ0v) is 9.43. The van der Waals surface area contributed by atoms with E-state index in [-0.39, 0.29) is 22.3 Å². The van der Waals surface area contributed by atoms with Crippen LogP contribution in [-0.4, -0.2) is 18.1 Å². The predicted molar refractivity (Wildman–Crippen MR) is 59.6 cm³/mol. The fraction of sp³-hybridized carbons (Fsp3) is 0.455. The van der Waals surface area contributed by atoms with Crippen LogP contribution in [0.2, 0.25) is 0 Å². The number of nitrogens with one attached hydrogen (secondary N) is 1. The highest BCUT2D eigenvalue weighted by Crippen LogP contribution is 2.15. The van der Waals surface area contributed by atoms with E-state index in [1.54, 1.807) is 0 Å². The number of halogens is 1. The van der Waals surface area contributed by atoms with Crippen molar-refractivity contribution < 1.29 is 9.59 Å². The normalized spacial score (nSPS) is 16.1. The van der Waals surface area contributed by atoms with Gasteiger partial charge in [0.05, 0.1) is 0 Å². The van der Waals surface area contributed by atoms with Gasteiger partial charge in [-0.3, -0.25) is 9.59 Å². The van der Waals surface area contributed by atoms with Gasteiger partial charge in [0.15, 0.2) is 5.78 Å². The molecule has 1 aliphatic carbocycles. The highest BCUT2D eigenvalue weighted by atomic mass is 35.5. The Morgan fingerprint density at radius 1 is 1.20 bits per heavy atom. The average Bonchev–Trinajstić information content (AvgIpc) is 2.23. The number of allylic oxidation sites excluding steroid dienone is 3. The molecule has 0 aromatic rings. The maximum absolute atomic E-state index is 11.4. The largest absolute Gasteiger partial charge is 0.381 e. The minimum atomic E-state index is -0.311. The van der Waals surface area contributed by atoms with Crippen molar-refractivity contribution in [1.29, 1.82) is 0 Å². The smallest absolute Gasteiger partial charge is 0.203 e. The molecule has 0 saturated carbocycles. The van der Waals surface area contributed by atoms with Crippen LogP contribution in [0.5, 0.6) is 0 Å². The number of hydrogen-bond acceptors (Lipinski definition) is 3. The molecular formula is C11H14ClNO2. The summed E-state index contributed by atoms with van der Waals surface area (Å²) in [7, 11) is 0. The van der Waals surface area contributed by atoms with Crippen LogP contribution in [0.15, 0.2) is 22.9 Å². The van der Waals surface area contributed by atoms with E-state index in [4.69, 9.17) is 11.6 Å². The molecular weight excluding hydrogens is 214 g/mol. The molecule has 0 aliphatic heterocycles. The molecule has 15 heavy (non-hydrogen) atoms. The van der Waals surface area contributed by atoms with E-state index in [2.05, 4.69) is 12.2 Å². The molecule has 0 aromatic heterocycles. The van der Waals surface area contributed by atoms with Crippen molar-refractivity contribution in [3.63, 3.8) is 0 Å². The van der Waals surface area contributed by atoms with E-state index in [1.165, 1.54) is 12.2 Å². The van der Waals surface area contributed by atoms with Gasteiger partial charge in [-0.25, -0.2) is 0 Å². The summed E-state index contributed by atoms with van der Waals surface area (Å²) in [6, 6.07) is 0. The number of ketones is 2. The third-order valence-corrected chi connectivity index (χ3v) is 2.53. The van der Waals surface area contributed by atoms with Crippen molar-refractivity contribution in [3.05, 3.63) is 22.9 Å². The molecule has 0 saturated heterocycles. The van der Waals surface area contributed by atoms with Gasteiger partial charge in [-0.15, -0.1) is 0 Å². The standard InChI is InChI=1S/C11H14ClNO2/c1-2-3-4-7-13-11-9(15)6-5-8(14)10(11)12/h5-6,13H,2-4,7H2,1H3. The molecule has 0 aromatic carbocycles. The molecule has 0 amide bonds. The summed E-state index contributed by atoms with van der Waals surface area (Å²) in [6.07, 6.45) is 5.62. The Kier molecular flexibility index (Phi) is 4.56. The molecule has 4 heteroatoms. The molecule has 0 spiro atoms. The first-order chi connectivity index (χ1) is 7.16. The lowest BCUT2D eigenvalue weighted by molar-refractivity contribution is -0.115. The van der Waals surface area contributed by atoms with Gasteiger partial charge in [0.25, 0.3) is 0 Å². The lowest BCUT2D eigenvalue weighted by Crippen LogP contribution is -2.25. The number of hydrogen-bond donors (Lipinski definition) is 1. The Morgan fingerprint density at radius 3 is 2.53 bits per heavy atom. The fourth-order valence-electron chi connectivity index (χ4n) is 1.29. The van der Waals surface area contributed by atoms with Crippen molar-refractivity contribution in [2.75, 3.05) is 6.54 Å². The third-order valence-electron chi connectivity index (χ3n) is 2.15. The van der Waals surface area contributed by atoms with Crippen LogP contribution in [0.1, 0.15) is 26.2 Å². The van der Waals surface area contributed by atoms with Gasteiger partial charge < -0.3 is 5.32 Å². The van der Waals surface area contributed by atoms with E-state index in [9.17, 15) is 9.59 Å². The van der Waals surface area contributed by atoms with E-state index in [0.717, 1.165) is 19.3 Å². The van der Waals surface area contributed by atoms with Gasteiger partial charge in [0.2, 0.25) is 5.78 Å². The summed E-state index contributed by atoms with van der Waals surface area (Å²) >= 11 is 5.74. The summed E-state index contributed by atoms with van der Waals surface area (Å²) in [4.78, 5) is 22.5. The first-order valence-electron chi connectivity index (χ1n) is 5.07. The Bertz CT molecular complexity index is 331. The van der Waals surface area contributed by atoms with E-state index >= 15 is 0 Å². The zero-order chi connectivity index (χ0) is 11.3. The Balaban J connectivity index is 2.55.